The van der Waals surface area contributed by atoms with Crippen LogP contribution in [0.15, 0.2) is 47.4 Å². The zero-order valence-electron chi connectivity index (χ0n) is 19.2. The molecule has 0 bridgehead atoms. The maximum atomic E-state index is 12.5. The van der Waals surface area contributed by atoms with Crippen LogP contribution in [-0.4, -0.2) is 56.6 Å². The quantitative estimate of drug-likeness (QED) is 0.596. The van der Waals surface area contributed by atoms with E-state index >= 15 is 0 Å². The van der Waals surface area contributed by atoms with Gasteiger partial charge >= 0.3 is 5.69 Å². The average molecular weight is 488 g/mol. The predicted octanol–water partition coefficient (Wildman–Crippen LogP) is 2.50. The highest BCUT2D eigenvalue weighted by Crippen LogP contribution is 2.63. The van der Waals surface area contributed by atoms with Gasteiger partial charge in [0.2, 0.25) is 5.91 Å². The van der Waals surface area contributed by atoms with Gasteiger partial charge in [-0.05, 0) is 31.4 Å². The lowest BCUT2D eigenvalue weighted by Gasteiger charge is -2.29. The number of aliphatic hydroxyl groups is 1. The van der Waals surface area contributed by atoms with E-state index in [0.717, 1.165) is 24.9 Å². The Hall–Kier alpha value is -2.20. The SMILES string of the molecule is CC(=O)Nc1ccn([C@H]2C[C@@H](O[P@]3O[C@@](C)(c4ccccc4)[C@H]4CCCN43)[C@@H](CO)O2)c(=O)n1. The Morgan fingerprint density at radius 1 is 1.35 bits per heavy atom. The standard InChI is InChI=1S/C23H29N4O6P/c1-15(29)24-20-10-12-26(22(30)25-20)21-13-17(18(14-28)31-21)32-34-27-11-6-9-19(27)23(2,33-34)16-7-4-3-5-8-16/h3-5,7-8,10,12,17-19,21,28H,6,9,11,13-14H2,1-2H3,(H,24,25,29,30)/t17-,18-,19-,21-,23+,34-/m1/s1. The minimum absolute atomic E-state index is 0.182. The van der Waals surface area contributed by atoms with Gasteiger partial charge in [-0.2, -0.15) is 4.98 Å². The Kier molecular flexibility index (Phi) is 6.54. The molecule has 2 aromatic rings. The molecule has 5 rings (SSSR count). The lowest BCUT2D eigenvalue weighted by Crippen LogP contribution is -2.36. The number of amides is 1. The van der Waals surface area contributed by atoms with E-state index in [-0.39, 0.29) is 24.4 Å². The molecule has 0 radical (unpaired) electrons. The third-order valence-electron chi connectivity index (χ3n) is 6.72. The van der Waals surface area contributed by atoms with Crippen LogP contribution in [0.2, 0.25) is 0 Å². The first kappa shape index (κ1) is 23.5. The van der Waals surface area contributed by atoms with Gasteiger partial charge in [0.05, 0.1) is 18.8 Å². The molecule has 10 nitrogen and oxygen atoms in total. The van der Waals surface area contributed by atoms with Gasteiger partial charge in [-0.3, -0.25) is 9.36 Å². The van der Waals surface area contributed by atoms with Crippen molar-refractivity contribution in [3.05, 3.63) is 58.6 Å². The number of aromatic nitrogens is 2. The molecule has 3 aliphatic heterocycles. The molecular formula is C23H29N4O6P. The molecule has 1 aromatic heterocycles. The van der Waals surface area contributed by atoms with Crippen LogP contribution >= 0.6 is 8.53 Å². The van der Waals surface area contributed by atoms with Gasteiger partial charge in [0.1, 0.15) is 23.8 Å². The van der Waals surface area contributed by atoms with Gasteiger partial charge in [0.25, 0.3) is 8.53 Å². The van der Waals surface area contributed by atoms with E-state index in [1.165, 1.54) is 17.7 Å². The molecular weight excluding hydrogens is 459 g/mol. The third kappa shape index (κ3) is 4.30. The van der Waals surface area contributed by atoms with Crippen LogP contribution in [0.4, 0.5) is 5.82 Å². The van der Waals surface area contributed by atoms with Gasteiger partial charge in [-0.15, -0.1) is 0 Å². The van der Waals surface area contributed by atoms with Crippen LogP contribution < -0.4 is 11.0 Å². The topological polar surface area (TPSA) is 115 Å². The van der Waals surface area contributed by atoms with Crippen LogP contribution in [0.3, 0.4) is 0 Å². The minimum Gasteiger partial charge on any atom is -0.394 e. The Balaban J connectivity index is 1.33. The van der Waals surface area contributed by atoms with E-state index < -0.39 is 38.3 Å². The molecule has 0 aliphatic carbocycles. The van der Waals surface area contributed by atoms with Crippen LogP contribution in [0.1, 0.15) is 44.9 Å². The molecule has 3 fully saturated rings. The Bertz CT molecular complexity index is 1100. The Labute approximate surface area is 198 Å². The molecule has 6 atom stereocenters. The Morgan fingerprint density at radius 3 is 2.85 bits per heavy atom. The molecule has 11 heteroatoms. The molecule has 3 saturated heterocycles. The van der Waals surface area contributed by atoms with Gasteiger partial charge in [0, 0.05) is 26.1 Å². The first-order valence-corrected chi connectivity index (χ1v) is 12.6. The maximum Gasteiger partial charge on any atom is 0.351 e. The number of anilines is 1. The number of aliphatic hydroxyl groups excluding tert-OH is 1. The fraction of sp³-hybridized carbons (Fsp3) is 0.522. The van der Waals surface area contributed by atoms with E-state index in [9.17, 15) is 14.7 Å². The fourth-order valence-corrected chi connectivity index (χ4v) is 7.16. The summed E-state index contributed by atoms with van der Waals surface area (Å²) < 4.78 is 22.7. The third-order valence-corrected chi connectivity index (χ3v) is 8.60. The van der Waals surface area contributed by atoms with Gasteiger partial charge in [0.15, 0.2) is 0 Å². The molecule has 182 valence electrons. The molecule has 0 spiro atoms. The number of fused-ring (bicyclic) bond motifs is 1. The van der Waals surface area contributed by atoms with Gasteiger partial charge in [-0.1, -0.05) is 30.3 Å². The maximum absolute atomic E-state index is 12.5. The molecule has 2 N–H and O–H groups in total. The summed E-state index contributed by atoms with van der Waals surface area (Å²) in [7, 11) is -1.36. The molecule has 0 saturated carbocycles. The normalized spacial score (nSPS) is 33.2. The highest BCUT2D eigenvalue weighted by molar-refractivity contribution is 7.45. The van der Waals surface area contributed by atoms with Crippen LogP contribution in [-0.2, 0) is 24.2 Å². The number of rotatable bonds is 6. The summed E-state index contributed by atoms with van der Waals surface area (Å²) in [4.78, 5) is 27.7. The largest absolute Gasteiger partial charge is 0.394 e. The van der Waals surface area contributed by atoms with Gasteiger partial charge in [-0.25, -0.2) is 9.46 Å². The van der Waals surface area contributed by atoms with E-state index in [4.69, 9.17) is 13.8 Å². The van der Waals surface area contributed by atoms with Crippen LogP contribution in [0.5, 0.6) is 0 Å². The van der Waals surface area contributed by atoms with Crippen molar-refractivity contribution < 1.29 is 23.7 Å². The highest BCUT2D eigenvalue weighted by atomic mass is 31.2. The summed E-state index contributed by atoms with van der Waals surface area (Å²) in [6.45, 7) is 4.13. The number of benzene rings is 1. The van der Waals surface area contributed by atoms with Crippen LogP contribution in [0, 0.1) is 0 Å². The Morgan fingerprint density at radius 2 is 2.15 bits per heavy atom. The lowest BCUT2D eigenvalue weighted by molar-refractivity contribution is -0.114. The van der Waals surface area contributed by atoms with E-state index in [0.29, 0.717) is 6.42 Å². The first-order valence-electron chi connectivity index (χ1n) is 11.5. The molecule has 1 aromatic carbocycles. The van der Waals surface area contributed by atoms with Crippen molar-refractivity contribution in [3.63, 3.8) is 0 Å². The van der Waals surface area contributed by atoms with Crippen molar-refractivity contribution >= 4 is 20.3 Å². The molecule has 3 aliphatic rings. The summed E-state index contributed by atoms with van der Waals surface area (Å²) >= 11 is 0. The molecule has 0 unspecified atom stereocenters. The zero-order valence-corrected chi connectivity index (χ0v) is 20.1. The van der Waals surface area contributed by atoms with Crippen molar-refractivity contribution in [3.8, 4) is 0 Å². The number of nitrogens with one attached hydrogen (secondary N) is 1. The predicted molar refractivity (Wildman–Crippen MR) is 125 cm³/mol. The van der Waals surface area contributed by atoms with Gasteiger partial charge < -0.3 is 24.2 Å². The van der Waals surface area contributed by atoms with Crippen molar-refractivity contribution in [1.82, 2.24) is 14.2 Å². The number of carbonyl (C=O) groups is 1. The number of ether oxygens (including phenoxy) is 1. The van der Waals surface area contributed by atoms with E-state index in [1.807, 2.05) is 18.2 Å². The van der Waals surface area contributed by atoms with E-state index in [1.54, 1.807) is 6.07 Å². The second-order valence-corrected chi connectivity index (χ2v) is 10.4. The van der Waals surface area contributed by atoms with Crippen molar-refractivity contribution in [2.24, 2.45) is 0 Å². The number of hydrogen-bond acceptors (Lipinski definition) is 8. The summed E-state index contributed by atoms with van der Waals surface area (Å²) in [5, 5.41) is 12.4. The minimum atomic E-state index is -1.36. The second kappa shape index (κ2) is 9.45. The first-order chi connectivity index (χ1) is 16.4. The van der Waals surface area contributed by atoms with E-state index in [2.05, 4.69) is 34.0 Å². The monoisotopic (exact) mass is 488 g/mol. The molecule has 34 heavy (non-hydrogen) atoms. The summed E-state index contributed by atoms with van der Waals surface area (Å²) in [6.07, 6.45) is 2.33. The average Bonchev–Trinajstić information content (AvgIpc) is 3.51. The summed E-state index contributed by atoms with van der Waals surface area (Å²) in [5.41, 5.74) is 0.0987. The second-order valence-electron chi connectivity index (χ2n) is 9.00. The smallest absolute Gasteiger partial charge is 0.351 e. The fourth-order valence-electron chi connectivity index (χ4n) is 5.02. The highest BCUT2D eigenvalue weighted by Gasteiger charge is 2.56. The summed E-state index contributed by atoms with van der Waals surface area (Å²) in [6, 6.07) is 12.0. The van der Waals surface area contributed by atoms with Crippen molar-refractivity contribution in [1.29, 1.82) is 0 Å². The lowest BCUT2D eigenvalue weighted by atomic mass is 9.87. The number of carbonyl (C=O) groups excluding carboxylic acids is 1. The molecule has 1 amide bonds. The molecule has 4 heterocycles. The number of nitrogens with zero attached hydrogens (tertiary/aromatic N) is 3. The summed E-state index contributed by atoms with van der Waals surface area (Å²) in [5.74, 6) is -0.126. The van der Waals surface area contributed by atoms with Crippen molar-refractivity contribution in [2.75, 3.05) is 18.5 Å². The number of hydrogen-bond donors (Lipinski definition) is 2. The van der Waals surface area contributed by atoms with Crippen molar-refractivity contribution in [2.45, 2.75) is 63.2 Å². The van der Waals surface area contributed by atoms with Crippen LogP contribution in [0.25, 0.3) is 0 Å². The zero-order chi connectivity index (χ0) is 23.9.